The van der Waals surface area contributed by atoms with E-state index in [4.69, 9.17) is 4.74 Å². The van der Waals surface area contributed by atoms with Crippen LogP contribution in [0.4, 0.5) is 10.6 Å². The number of aryl methyl sites for hydroxylation is 1. The zero-order chi connectivity index (χ0) is 16.9. The molecular weight excluding hydrogens is 290 g/mol. The number of nitrogens with one attached hydrogen (secondary N) is 1. The maximum atomic E-state index is 12.0. The molecule has 1 N–H and O–H groups in total. The minimum atomic E-state index is -0.418. The molecule has 0 saturated carbocycles. The maximum Gasteiger partial charge on any atom is 0.410 e. The molecule has 1 saturated heterocycles. The largest absolute Gasteiger partial charge is 0.444 e. The molecule has 0 radical (unpaired) electrons. The minimum absolute atomic E-state index is 0.182. The highest BCUT2D eigenvalue weighted by Crippen LogP contribution is 2.22. The molecule has 1 amide bonds. The van der Waals surface area contributed by atoms with Gasteiger partial charge < -0.3 is 15.0 Å². The zero-order valence-electron chi connectivity index (χ0n) is 14.8. The molecule has 0 spiro atoms. The molecule has 0 bridgehead atoms. The third kappa shape index (κ3) is 6.08. The molecule has 1 aromatic heterocycles. The van der Waals surface area contributed by atoms with Gasteiger partial charge in [0.25, 0.3) is 0 Å². The van der Waals surface area contributed by atoms with Crippen molar-refractivity contribution < 1.29 is 9.53 Å². The van der Waals surface area contributed by atoms with Crippen LogP contribution in [0, 0.1) is 12.8 Å². The Balaban J connectivity index is 1.68. The van der Waals surface area contributed by atoms with Crippen LogP contribution in [0.15, 0.2) is 18.2 Å². The van der Waals surface area contributed by atoms with E-state index in [0.717, 1.165) is 50.4 Å². The van der Waals surface area contributed by atoms with Crippen LogP contribution in [-0.4, -0.2) is 41.2 Å². The van der Waals surface area contributed by atoms with Crippen LogP contribution in [-0.2, 0) is 4.74 Å². The number of aromatic nitrogens is 1. The lowest BCUT2D eigenvalue weighted by Crippen LogP contribution is -2.41. The Morgan fingerprint density at radius 2 is 2.04 bits per heavy atom. The second-order valence-corrected chi connectivity index (χ2v) is 7.29. The Labute approximate surface area is 139 Å². The Morgan fingerprint density at radius 3 is 2.65 bits per heavy atom. The number of rotatable bonds is 4. The van der Waals surface area contributed by atoms with Crippen LogP contribution >= 0.6 is 0 Å². The summed E-state index contributed by atoms with van der Waals surface area (Å²) in [4.78, 5) is 18.3. The van der Waals surface area contributed by atoms with Crippen LogP contribution in [0.2, 0.25) is 0 Å². The summed E-state index contributed by atoms with van der Waals surface area (Å²) in [7, 11) is 0. The smallest absolute Gasteiger partial charge is 0.410 e. The molecule has 1 fully saturated rings. The molecule has 1 aliphatic heterocycles. The van der Waals surface area contributed by atoms with Gasteiger partial charge in [-0.15, -0.1) is 0 Å². The van der Waals surface area contributed by atoms with Crippen molar-refractivity contribution in [2.45, 2.75) is 52.6 Å². The Morgan fingerprint density at radius 1 is 1.35 bits per heavy atom. The van der Waals surface area contributed by atoms with E-state index >= 15 is 0 Å². The van der Waals surface area contributed by atoms with E-state index in [1.54, 1.807) is 0 Å². The minimum Gasteiger partial charge on any atom is -0.444 e. The Kier molecular flexibility index (Phi) is 5.85. The summed E-state index contributed by atoms with van der Waals surface area (Å²) in [6, 6.07) is 6.01. The number of likely N-dealkylation sites (tertiary alicyclic amines) is 1. The topological polar surface area (TPSA) is 54.5 Å². The molecule has 0 aromatic carbocycles. The van der Waals surface area contributed by atoms with Gasteiger partial charge in [-0.1, -0.05) is 6.07 Å². The van der Waals surface area contributed by atoms with E-state index in [1.165, 1.54) is 0 Å². The average molecular weight is 319 g/mol. The number of carbonyl (C=O) groups is 1. The lowest BCUT2D eigenvalue weighted by Gasteiger charge is -2.33. The number of hydrogen-bond donors (Lipinski definition) is 1. The van der Waals surface area contributed by atoms with Crippen molar-refractivity contribution in [2.24, 2.45) is 5.92 Å². The van der Waals surface area contributed by atoms with Gasteiger partial charge in [-0.3, -0.25) is 0 Å². The van der Waals surface area contributed by atoms with Crippen molar-refractivity contribution in [3.8, 4) is 0 Å². The first-order valence-electron chi connectivity index (χ1n) is 8.49. The van der Waals surface area contributed by atoms with Gasteiger partial charge in [0.1, 0.15) is 11.4 Å². The fourth-order valence-corrected chi connectivity index (χ4v) is 2.78. The predicted octanol–water partition coefficient (Wildman–Crippen LogP) is 3.84. The molecule has 5 nitrogen and oxygen atoms in total. The molecule has 128 valence electrons. The van der Waals surface area contributed by atoms with Crippen molar-refractivity contribution in [3.63, 3.8) is 0 Å². The lowest BCUT2D eigenvalue weighted by atomic mass is 9.94. The van der Waals surface area contributed by atoms with E-state index in [2.05, 4.69) is 10.3 Å². The molecular formula is C18H29N3O2. The van der Waals surface area contributed by atoms with Gasteiger partial charge in [0.05, 0.1) is 0 Å². The van der Waals surface area contributed by atoms with Gasteiger partial charge in [0.2, 0.25) is 0 Å². The highest BCUT2D eigenvalue weighted by Gasteiger charge is 2.26. The van der Waals surface area contributed by atoms with Crippen molar-refractivity contribution in [1.29, 1.82) is 0 Å². The van der Waals surface area contributed by atoms with E-state index in [0.29, 0.717) is 5.92 Å². The van der Waals surface area contributed by atoms with Gasteiger partial charge in [-0.25, -0.2) is 9.78 Å². The van der Waals surface area contributed by atoms with Gasteiger partial charge in [-0.2, -0.15) is 0 Å². The fourth-order valence-electron chi connectivity index (χ4n) is 2.78. The first kappa shape index (κ1) is 17.6. The maximum absolute atomic E-state index is 12.0. The molecule has 0 unspecified atom stereocenters. The monoisotopic (exact) mass is 319 g/mol. The summed E-state index contributed by atoms with van der Waals surface area (Å²) >= 11 is 0. The molecule has 1 aromatic rings. The Hall–Kier alpha value is -1.78. The molecule has 2 rings (SSSR count). The third-order valence-corrected chi connectivity index (χ3v) is 4.01. The van der Waals surface area contributed by atoms with Crippen LogP contribution < -0.4 is 5.32 Å². The summed E-state index contributed by atoms with van der Waals surface area (Å²) < 4.78 is 5.43. The summed E-state index contributed by atoms with van der Waals surface area (Å²) in [6.45, 7) is 10.2. The average Bonchev–Trinajstić information content (AvgIpc) is 2.46. The lowest BCUT2D eigenvalue weighted by molar-refractivity contribution is 0.0182. The number of piperidine rings is 1. The molecule has 1 aliphatic rings. The van der Waals surface area contributed by atoms with Crippen LogP contribution in [0.1, 0.15) is 45.7 Å². The van der Waals surface area contributed by atoms with Gasteiger partial charge in [-0.05, 0) is 65.0 Å². The number of amides is 1. The summed E-state index contributed by atoms with van der Waals surface area (Å²) in [6.07, 6.45) is 3.01. The standard InChI is InChI=1S/C18H29N3O2/c1-14-6-5-7-16(20-14)19-11-8-15-9-12-21(13-10-15)17(22)23-18(2,3)4/h5-7,15H,8-13H2,1-4H3,(H,19,20). The number of pyridine rings is 1. The number of hydrogen-bond acceptors (Lipinski definition) is 4. The predicted molar refractivity (Wildman–Crippen MR) is 92.6 cm³/mol. The van der Waals surface area contributed by atoms with Crippen molar-refractivity contribution in [3.05, 3.63) is 23.9 Å². The quantitative estimate of drug-likeness (QED) is 0.916. The fraction of sp³-hybridized carbons (Fsp3) is 0.667. The molecule has 23 heavy (non-hydrogen) atoms. The van der Waals surface area contributed by atoms with E-state index in [-0.39, 0.29) is 6.09 Å². The van der Waals surface area contributed by atoms with Crippen molar-refractivity contribution >= 4 is 11.9 Å². The number of nitrogens with zero attached hydrogens (tertiary/aromatic N) is 2. The molecule has 0 aliphatic carbocycles. The summed E-state index contributed by atoms with van der Waals surface area (Å²) in [5.41, 5.74) is 0.610. The highest BCUT2D eigenvalue weighted by molar-refractivity contribution is 5.68. The van der Waals surface area contributed by atoms with Crippen LogP contribution in [0.3, 0.4) is 0 Å². The first-order valence-corrected chi connectivity index (χ1v) is 8.49. The number of anilines is 1. The first-order chi connectivity index (χ1) is 10.8. The number of ether oxygens (including phenoxy) is 1. The van der Waals surface area contributed by atoms with Gasteiger partial charge >= 0.3 is 6.09 Å². The second-order valence-electron chi connectivity index (χ2n) is 7.29. The zero-order valence-corrected chi connectivity index (χ0v) is 14.8. The second kappa shape index (κ2) is 7.66. The normalized spacial score (nSPS) is 16.3. The molecule has 5 heteroatoms. The van der Waals surface area contributed by atoms with E-state index in [9.17, 15) is 4.79 Å². The van der Waals surface area contributed by atoms with Crippen LogP contribution in [0.25, 0.3) is 0 Å². The molecule has 2 heterocycles. The SMILES string of the molecule is Cc1cccc(NCCC2CCN(C(=O)OC(C)(C)C)CC2)n1. The third-order valence-electron chi connectivity index (χ3n) is 4.01. The van der Waals surface area contributed by atoms with E-state index in [1.807, 2.05) is 50.8 Å². The van der Waals surface area contributed by atoms with Gasteiger partial charge in [0.15, 0.2) is 0 Å². The highest BCUT2D eigenvalue weighted by atomic mass is 16.6. The van der Waals surface area contributed by atoms with Gasteiger partial charge in [0, 0.05) is 25.3 Å². The van der Waals surface area contributed by atoms with E-state index < -0.39 is 5.60 Å². The molecule has 0 atom stereocenters. The Bertz CT molecular complexity index is 517. The summed E-state index contributed by atoms with van der Waals surface area (Å²) in [5, 5.41) is 3.38. The van der Waals surface area contributed by atoms with Crippen molar-refractivity contribution in [2.75, 3.05) is 25.0 Å². The number of carbonyl (C=O) groups excluding carboxylic acids is 1. The van der Waals surface area contributed by atoms with Crippen molar-refractivity contribution in [1.82, 2.24) is 9.88 Å². The summed E-state index contributed by atoms with van der Waals surface area (Å²) in [5.74, 6) is 1.60. The van der Waals surface area contributed by atoms with Crippen LogP contribution in [0.5, 0.6) is 0 Å².